The molecule has 2 rings (SSSR count). The number of para-hydroxylation sites is 1. The lowest BCUT2D eigenvalue weighted by molar-refractivity contribution is 0.296. The summed E-state index contributed by atoms with van der Waals surface area (Å²) in [6.07, 6.45) is 1.72. The van der Waals surface area contributed by atoms with Gasteiger partial charge in [-0.15, -0.1) is 0 Å². The van der Waals surface area contributed by atoms with Gasteiger partial charge in [-0.1, -0.05) is 23.7 Å². The van der Waals surface area contributed by atoms with Crippen LogP contribution < -0.4 is 10.5 Å². The van der Waals surface area contributed by atoms with E-state index in [1.807, 2.05) is 29.7 Å². The maximum absolute atomic E-state index is 6.00. The second-order valence-electron chi connectivity index (χ2n) is 3.57. The van der Waals surface area contributed by atoms with E-state index in [-0.39, 0.29) is 0 Å². The molecule has 0 atom stereocenters. The first kappa shape index (κ1) is 11.8. The first-order valence-corrected chi connectivity index (χ1v) is 5.77. The molecule has 0 bridgehead atoms. The second-order valence-corrected chi connectivity index (χ2v) is 3.98. The zero-order valence-corrected chi connectivity index (χ0v) is 10.3. The third-order valence-corrected chi connectivity index (χ3v) is 2.81. The highest BCUT2D eigenvalue weighted by molar-refractivity contribution is 6.32. The number of benzene rings is 1. The van der Waals surface area contributed by atoms with Crippen molar-refractivity contribution in [3.8, 4) is 5.75 Å². The molecule has 1 heterocycles. The minimum atomic E-state index is 0.405. The highest BCUT2D eigenvalue weighted by atomic mass is 35.5. The van der Waals surface area contributed by atoms with Gasteiger partial charge >= 0.3 is 0 Å². The summed E-state index contributed by atoms with van der Waals surface area (Å²) in [7, 11) is 0. The Morgan fingerprint density at radius 2 is 2.18 bits per heavy atom. The molecule has 0 saturated carbocycles. The van der Waals surface area contributed by atoms with Gasteiger partial charge < -0.3 is 15.0 Å². The molecule has 0 unspecified atom stereocenters. The molecule has 1 aromatic carbocycles. The SMILES string of the molecule is CCn1c(COc2ccccc2Cl)cnc1N. The molecule has 5 heteroatoms. The van der Waals surface area contributed by atoms with Crippen LogP contribution in [0.3, 0.4) is 0 Å². The predicted molar refractivity (Wildman–Crippen MR) is 68.1 cm³/mol. The van der Waals surface area contributed by atoms with Crippen molar-refractivity contribution in [2.75, 3.05) is 5.73 Å². The Hall–Kier alpha value is -1.68. The molecular formula is C12H14ClN3O. The van der Waals surface area contributed by atoms with E-state index in [9.17, 15) is 0 Å². The van der Waals surface area contributed by atoms with Crippen molar-refractivity contribution in [3.63, 3.8) is 0 Å². The number of nitrogens with two attached hydrogens (primary N) is 1. The van der Waals surface area contributed by atoms with Crippen LogP contribution in [0.4, 0.5) is 5.95 Å². The van der Waals surface area contributed by atoms with Crippen LogP contribution in [0, 0.1) is 0 Å². The van der Waals surface area contributed by atoms with Crippen molar-refractivity contribution in [1.82, 2.24) is 9.55 Å². The Morgan fingerprint density at radius 1 is 1.41 bits per heavy atom. The van der Waals surface area contributed by atoms with Crippen molar-refractivity contribution in [2.45, 2.75) is 20.1 Å². The minimum absolute atomic E-state index is 0.405. The number of imidazole rings is 1. The molecule has 2 aromatic rings. The molecule has 0 saturated heterocycles. The fourth-order valence-electron chi connectivity index (χ4n) is 1.62. The maximum atomic E-state index is 6.00. The van der Waals surface area contributed by atoms with Crippen LogP contribution in [0.1, 0.15) is 12.6 Å². The van der Waals surface area contributed by atoms with E-state index in [2.05, 4.69) is 4.98 Å². The summed E-state index contributed by atoms with van der Waals surface area (Å²) in [6.45, 7) is 3.19. The van der Waals surface area contributed by atoms with Crippen LogP contribution in [-0.4, -0.2) is 9.55 Å². The highest BCUT2D eigenvalue weighted by Crippen LogP contribution is 2.24. The number of ether oxygens (including phenoxy) is 1. The van der Waals surface area contributed by atoms with Crippen LogP contribution in [0.15, 0.2) is 30.5 Å². The Morgan fingerprint density at radius 3 is 2.88 bits per heavy atom. The zero-order chi connectivity index (χ0) is 12.3. The average Bonchev–Trinajstić information content (AvgIpc) is 2.69. The predicted octanol–water partition coefficient (Wildman–Crippen LogP) is 2.72. The number of nitrogens with zero attached hydrogens (tertiary/aromatic N) is 2. The van der Waals surface area contributed by atoms with Crippen LogP contribution in [0.5, 0.6) is 5.75 Å². The summed E-state index contributed by atoms with van der Waals surface area (Å²) in [5, 5.41) is 0.600. The van der Waals surface area contributed by atoms with Gasteiger partial charge in [-0.25, -0.2) is 4.98 Å². The van der Waals surface area contributed by atoms with E-state index in [0.29, 0.717) is 23.3 Å². The molecule has 1 aromatic heterocycles. The molecule has 4 nitrogen and oxygen atoms in total. The first-order chi connectivity index (χ1) is 8.22. The van der Waals surface area contributed by atoms with Crippen LogP contribution in [-0.2, 0) is 13.2 Å². The van der Waals surface area contributed by atoms with E-state index in [0.717, 1.165) is 12.2 Å². The number of hydrogen-bond acceptors (Lipinski definition) is 3. The summed E-state index contributed by atoms with van der Waals surface area (Å²) >= 11 is 6.00. The fraction of sp³-hybridized carbons (Fsp3) is 0.250. The lowest BCUT2D eigenvalue weighted by atomic mass is 10.3. The van der Waals surface area contributed by atoms with Gasteiger partial charge in [-0.3, -0.25) is 0 Å². The largest absolute Gasteiger partial charge is 0.486 e. The average molecular weight is 252 g/mol. The van der Waals surface area contributed by atoms with Gasteiger partial charge in [0.05, 0.1) is 16.9 Å². The van der Waals surface area contributed by atoms with E-state index < -0.39 is 0 Å². The summed E-state index contributed by atoms with van der Waals surface area (Å²) in [5.41, 5.74) is 6.66. The summed E-state index contributed by atoms with van der Waals surface area (Å²) in [5.74, 6) is 1.17. The molecular weight excluding hydrogens is 238 g/mol. The topological polar surface area (TPSA) is 53.1 Å². The van der Waals surface area contributed by atoms with Gasteiger partial charge in [-0.2, -0.15) is 0 Å². The number of nitrogen functional groups attached to an aromatic ring is 1. The van der Waals surface area contributed by atoms with Crippen molar-refractivity contribution >= 4 is 17.5 Å². The Kier molecular flexibility index (Phi) is 3.54. The molecule has 90 valence electrons. The van der Waals surface area contributed by atoms with Crippen molar-refractivity contribution in [2.24, 2.45) is 0 Å². The monoisotopic (exact) mass is 251 g/mol. The summed E-state index contributed by atoms with van der Waals surface area (Å²) < 4.78 is 7.53. The quantitative estimate of drug-likeness (QED) is 0.909. The summed E-state index contributed by atoms with van der Waals surface area (Å²) in [6, 6.07) is 7.37. The van der Waals surface area contributed by atoms with Crippen molar-refractivity contribution in [1.29, 1.82) is 0 Å². The summed E-state index contributed by atoms with van der Waals surface area (Å²) in [4.78, 5) is 4.05. The molecule has 0 aliphatic heterocycles. The number of anilines is 1. The Bertz CT molecular complexity index is 510. The van der Waals surface area contributed by atoms with Crippen LogP contribution >= 0.6 is 11.6 Å². The molecule has 0 radical (unpaired) electrons. The molecule has 2 N–H and O–H groups in total. The van der Waals surface area contributed by atoms with Crippen LogP contribution in [0.25, 0.3) is 0 Å². The Balaban J connectivity index is 2.10. The van der Waals surface area contributed by atoms with E-state index in [1.54, 1.807) is 12.3 Å². The lowest BCUT2D eigenvalue weighted by Crippen LogP contribution is -2.07. The van der Waals surface area contributed by atoms with Gasteiger partial charge in [0.1, 0.15) is 12.4 Å². The van der Waals surface area contributed by atoms with Crippen LogP contribution in [0.2, 0.25) is 5.02 Å². The first-order valence-electron chi connectivity index (χ1n) is 5.39. The third-order valence-electron chi connectivity index (χ3n) is 2.50. The van der Waals surface area contributed by atoms with E-state index in [4.69, 9.17) is 22.1 Å². The fourth-order valence-corrected chi connectivity index (χ4v) is 1.81. The second kappa shape index (κ2) is 5.10. The molecule has 0 spiro atoms. The van der Waals surface area contributed by atoms with Gasteiger partial charge in [0, 0.05) is 6.54 Å². The van der Waals surface area contributed by atoms with Gasteiger partial charge in [0.25, 0.3) is 0 Å². The maximum Gasteiger partial charge on any atom is 0.200 e. The third kappa shape index (κ3) is 2.53. The molecule has 0 aliphatic carbocycles. The van der Waals surface area contributed by atoms with Crippen molar-refractivity contribution in [3.05, 3.63) is 41.2 Å². The molecule has 0 aliphatic rings. The van der Waals surface area contributed by atoms with E-state index >= 15 is 0 Å². The minimum Gasteiger partial charge on any atom is -0.486 e. The standard InChI is InChI=1S/C12H14ClN3O/c1-2-16-9(7-15-12(16)14)8-17-11-6-4-3-5-10(11)13/h3-7H,2,8H2,1H3,(H2,14,15). The number of aromatic nitrogens is 2. The highest BCUT2D eigenvalue weighted by Gasteiger charge is 2.07. The Labute approximate surface area is 105 Å². The molecule has 17 heavy (non-hydrogen) atoms. The van der Waals surface area contributed by atoms with Gasteiger partial charge in [0.2, 0.25) is 0 Å². The number of hydrogen-bond donors (Lipinski definition) is 1. The van der Waals surface area contributed by atoms with E-state index in [1.165, 1.54) is 0 Å². The normalized spacial score (nSPS) is 10.5. The lowest BCUT2D eigenvalue weighted by Gasteiger charge is -2.09. The van der Waals surface area contributed by atoms with Crippen molar-refractivity contribution < 1.29 is 4.74 Å². The molecule has 0 fully saturated rings. The van der Waals surface area contributed by atoms with Gasteiger partial charge in [-0.05, 0) is 19.1 Å². The molecule has 0 amide bonds. The smallest absolute Gasteiger partial charge is 0.200 e. The number of halogens is 1. The van der Waals surface area contributed by atoms with Gasteiger partial charge in [0.15, 0.2) is 5.95 Å². The zero-order valence-electron chi connectivity index (χ0n) is 9.56. The number of rotatable bonds is 4.